The average Bonchev–Trinajstić information content (AvgIpc) is 2.41. The molecule has 0 fully saturated rings. The molecule has 18 heavy (non-hydrogen) atoms. The lowest BCUT2D eigenvalue weighted by atomic mass is 9.98. The number of rotatable bonds is 2. The zero-order chi connectivity index (χ0) is 14.3. The van der Waals surface area contributed by atoms with Crippen molar-refractivity contribution in [2.24, 2.45) is 11.7 Å². The molecule has 0 aromatic carbocycles. The molecule has 0 radical (unpaired) electrons. The molecule has 1 aromatic rings. The van der Waals surface area contributed by atoms with Gasteiger partial charge in [0.2, 0.25) is 0 Å². The molecule has 1 unspecified atom stereocenters. The van der Waals surface area contributed by atoms with Gasteiger partial charge in [0.05, 0.1) is 6.04 Å². The van der Waals surface area contributed by atoms with E-state index in [1.165, 1.54) is 0 Å². The van der Waals surface area contributed by atoms with Gasteiger partial charge in [-0.15, -0.1) is 11.3 Å². The number of thiophene rings is 1. The maximum Gasteiger partial charge on any atom is 0.402 e. The molecule has 0 saturated carbocycles. The second kappa shape index (κ2) is 5.18. The summed E-state index contributed by atoms with van der Waals surface area (Å²) in [5, 5.41) is 0. The Morgan fingerprint density at radius 3 is 1.89 bits per heavy atom. The Balaban J connectivity index is 3.15. The van der Waals surface area contributed by atoms with Crippen molar-refractivity contribution in [1.29, 1.82) is 0 Å². The lowest BCUT2D eigenvalue weighted by Crippen LogP contribution is -2.43. The van der Waals surface area contributed by atoms with Crippen LogP contribution < -0.4 is 5.73 Å². The van der Waals surface area contributed by atoms with E-state index >= 15 is 0 Å². The van der Waals surface area contributed by atoms with E-state index in [1.54, 1.807) is 0 Å². The van der Waals surface area contributed by atoms with E-state index < -0.39 is 24.3 Å². The minimum absolute atomic E-state index is 0.0450. The van der Waals surface area contributed by atoms with Crippen molar-refractivity contribution < 1.29 is 26.3 Å². The predicted octanol–water partition coefficient (Wildman–Crippen LogP) is 4.90. The van der Waals surface area contributed by atoms with Crippen molar-refractivity contribution in [3.8, 4) is 0 Å². The summed E-state index contributed by atoms with van der Waals surface area (Å²) in [4.78, 5) is -0.286. The van der Waals surface area contributed by atoms with Gasteiger partial charge in [-0.25, -0.2) is 0 Å². The van der Waals surface area contributed by atoms with Crippen molar-refractivity contribution in [2.75, 3.05) is 0 Å². The second-order valence-corrected chi connectivity index (χ2v) is 5.90. The van der Waals surface area contributed by atoms with Gasteiger partial charge >= 0.3 is 12.4 Å². The number of hydrogen-bond donors (Lipinski definition) is 1. The molecular weight excluding hydrogens is 372 g/mol. The first-order valence-electron chi connectivity index (χ1n) is 4.28. The van der Waals surface area contributed by atoms with Crippen molar-refractivity contribution in [2.45, 2.75) is 18.4 Å². The van der Waals surface area contributed by atoms with E-state index in [0.29, 0.717) is 11.3 Å². The van der Waals surface area contributed by atoms with Gasteiger partial charge in [0.15, 0.2) is 5.92 Å². The summed E-state index contributed by atoms with van der Waals surface area (Å²) in [6, 6.07) is -1.18. The fraction of sp³-hybridized carbons (Fsp3) is 0.500. The van der Waals surface area contributed by atoms with E-state index in [9.17, 15) is 26.3 Å². The highest BCUT2D eigenvalue weighted by atomic mass is 79.9. The third-order valence-corrected chi connectivity index (χ3v) is 4.63. The van der Waals surface area contributed by atoms with Gasteiger partial charge in [0.1, 0.15) is 4.34 Å². The van der Waals surface area contributed by atoms with Crippen LogP contribution in [0.3, 0.4) is 0 Å². The van der Waals surface area contributed by atoms with Crippen LogP contribution >= 0.6 is 38.9 Å². The fourth-order valence-electron chi connectivity index (χ4n) is 1.28. The molecule has 1 atom stereocenters. The molecule has 1 heterocycles. The maximum atomic E-state index is 12.4. The Labute approximate surface area is 115 Å². The van der Waals surface area contributed by atoms with Gasteiger partial charge < -0.3 is 5.73 Å². The second-order valence-electron chi connectivity index (χ2n) is 3.36. The highest BCUT2D eigenvalue weighted by molar-refractivity contribution is 9.10. The molecule has 0 bridgehead atoms. The summed E-state index contributed by atoms with van der Waals surface area (Å²) in [5.41, 5.74) is 5.08. The Bertz CT molecular complexity index is 395. The van der Waals surface area contributed by atoms with Crippen LogP contribution in [-0.2, 0) is 0 Å². The summed E-state index contributed by atoms with van der Waals surface area (Å²) < 4.78 is 74.8. The first kappa shape index (κ1) is 16.1. The summed E-state index contributed by atoms with van der Waals surface area (Å²) in [6.45, 7) is 0. The molecule has 0 saturated heterocycles. The Hall–Kier alpha value is 0.01000. The molecule has 104 valence electrons. The van der Waals surface area contributed by atoms with Crippen LogP contribution in [0.15, 0.2) is 10.5 Å². The lowest BCUT2D eigenvalue weighted by Gasteiger charge is -2.27. The summed E-state index contributed by atoms with van der Waals surface area (Å²) in [7, 11) is 0. The molecule has 1 rings (SSSR count). The fourth-order valence-corrected chi connectivity index (χ4v) is 3.06. The van der Waals surface area contributed by atoms with Crippen molar-refractivity contribution in [3.05, 3.63) is 19.8 Å². The zero-order valence-corrected chi connectivity index (χ0v) is 11.4. The first-order chi connectivity index (χ1) is 7.94. The van der Waals surface area contributed by atoms with Crippen LogP contribution in [0.5, 0.6) is 0 Å². The maximum absolute atomic E-state index is 12.4. The van der Waals surface area contributed by atoms with Crippen LogP contribution in [0.4, 0.5) is 26.3 Å². The highest BCUT2D eigenvalue weighted by Crippen LogP contribution is 2.47. The molecule has 0 aliphatic rings. The van der Waals surface area contributed by atoms with Crippen LogP contribution in [0.2, 0.25) is 4.34 Å². The lowest BCUT2D eigenvalue weighted by molar-refractivity contribution is -0.290. The standard InChI is InChI=1S/C8H5BrClF6NS/c9-2-1-3(18-6(2)10)4(17)5(7(11,12)13)8(14,15)16/h1,4-5H,17H2. The molecule has 10 heteroatoms. The van der Waals surface area contributed by atoms with Crippen molar-refractivity contribution in [1.82, 2.24) is 0 Å². The minimum Gasteiger partial charge on any atom is -0.322 e. The third kappa shape index (κ3) is 3.52. The molecule has 1 nitrogen and oxygen atoms in total. The number of alkyl halides is 6. The SMILES string of the molecule is NC(c1cc(Br)c(Cl)s1)C(C(F)(F)F)C(F)(F)F. The van der Waals surface area contributed by atoms with Gasteiger partial charge in [-0.1, -0.05) is 11.6 Å². The van der Waals surface area contributed by atoms with E-state index in [4.69, 9.17) is 17.3 Å². The largest absolute Gasteiger partial charge is 0.402 e. The van der Waals surface area contributed by atoms with Gasteiger partial charge in [-0.2, -0.15) is 26.3 Å². The molecule has 0 spiro atoms. The topological polar surface area (TPSA) is 26.0 Å². The molecule has 2 N–H and O–H groups in total. The summed E-state index contributed by atoms with van der Waals surface area (Å²) >= 11 is 9.03. The van der Waals surface area contributed by atoms with E-state index in [2.05, 4.69) is 15.9 Å². The molecular formula is C8H5BrClF6NS. The summed E-state index contributed by atoms with van der Waals surface area (Å²) in [6.07, 6.45) is -10.9. The Morgan fingerprint density at radius 1 is 1.17 bits per heavy atom. The van der Waals surface area contributed by atoms with Crippen LogP contribution in [0, 0.1) is 5.92 Å². The van der Waals surface area contributed by atoms with Gasteiger partial charge in [-0.05, 0) is 22.0 Å². The van der Waals surface area contributed by atoms with Crippen LogP contribution in [-0.4, -0.2) is 12.4 Å². The van der Waals surface area contributed by atoms with Gasteiger partial charge in [-0.3, -0.25) is 0 Å². The quantitative estimate of drug-likeness (QED) is 0.730. The van der Waals surface area contributed by atoms with E-state index in [1.807, 2.05) is 0 Å². The van der Waals surface area contributed by atoms with E-state index in [0.717, 1.165) is 6.07 Å². The normalized spacial score (nSPS) is 15.2. The smallest absolute Gasteiger partial charge is 0.322 e. The minimum atomic E-state index is -5.47. The van der Waals surface area contributed by atoms with Crippen molar-refractivity contribution in [3.63, 3.8) is 0 Å². The number of hydrogen-bond acceptors (Lipinski definition) is 2. The third-order valence-electron chi connectivity index (χ3n) is 2.06. The van der Waals surface area contributed by atoms with Crippen LogP contribution in [0.1, 0.15) is 10.9 Å². The highest BCUT2D eigenvalue weighted by Gasteiger charge is 2.60. The summed E-state index contributed by atoms with van der Waals surface area (Å²) in [5.74, 6) is -3.62. The van der Waals surface area contributed by atoms with Gasteiger partial charge in [0.25, 0.3) is 0 Å². The monoisotopic (exact) mass is 375 g/mol. The molecule has 0 aliphatic heterocycles. The first-order valence-corrected chi connectivity index (χ1v) is 6.27. The van der Waals surface area contributed by atoms with E-state index in [-0.39, 0.29) is 13.7 Å². The average molecular weight is 377 g/mol. The Kier molecular flexibility index (Phi) is 4.62. The molecule has 0 amide bonds. The zero-order valence-electron chi connectivity index (χ0n) is 8.24. The van der Waals surface area contributed by atoms with Crippen molar-refractivity contribution >= 4 is 38.9 Å². The van der Waals surface area contributed by atoms with Gasteiger partial charge in [0, 0.05) is 9.35 Å². The molecule has 1 aromatic heterocycles. The Morgan fingerprint density at radius 2 is 1.61 bits per heavy atom. The number of halogens is 8. The predicted molar refractivity (Wildman–Crippen MR) is 59.6 cm³/mol. The van der Waals surface area contributed by atoms with Crippen LogP contribution in [0.25, 0.3) is 0 Å². The molecule has 0 aliphatic carbocycles. The number of nitrogens with two attached hydrogens (primary N) is 1.